The number of alkyl halides is 2. The highest BCUT2D eigenvalue weighted by Gasteiger charge is 2.20. The van der Waals surface area contributed by atoms with Gasteiger partial charge in [-0.2, -0.15) is 8.78 Å². The zero-order chi connectivity index (χ0) is 15.2. The zero-order valence-corrected chi connectivity index (χ0v) is 13.9. The molecule has 1 aromatic carbocycles. The second-order valence-electron chi connectivity index (χ2n) is 4.97. The average molecular weight is 352 g/mol. The van der Waals surface area contributed by atoms with Gasteiger partial charge in [-0.15, -0.1) is 12.4 Å². The topological polar surface area (TPSA) is 44.4 Å². The molecule has 1 atom stereocenters. The predicted octanol–water partition coefficient (Wildman–Crippen LogP) is 2.66. The van der Waals surface area contributed by atoms with E-state index in [1.165, 1.54) is 0 Å². The minimum absolute atomic E-state index is 0. The normalized spacial score (nSPS) is 18.8. The second kappa shape index (κ2) is 9.29. The summed E-state index contributed by atoms with van der Waals surface area (Å²) < 4.78 is 24.4. The van der Waals surface area contributed by atoms with Crippen LogP contribution in [-0.2, 0) is 4.79 Å². The number of carbonyl (C=O) groups excluding carboxylic acids is 1. The van der Waals surface area contributed by atoms with Crippen LogP contribution >= 0.6 is 24.2 Å². The Morgan fingerprint density at radius 2 is 2.14 bits per heavy atom. The van der Waals surface area contributed by atoms with Crippen LogP contribution < -0.4 is 10.6 Å². The fraction of sp³-hybridized carbons (Fsp3) is 0.500. The molecule has 0 aliphatic carbocycles. The van der Waals surface area contributed by atoms with Crippen LogP contribution in [0.25, 0.3) is 0 Å². The third-order valence-electron chi connectivity index (χ3n) is 3.35. The van der Waals surface area contributed by atoms with E-state index >= 15 is 0 Å². The number of benzene rings is 1. The van der Waals surface area contributed by atoms with E-state index in [0.717, 1.165) is 19.6 Å². The van der Waals surface area contributed by atoms with Gasteiger partial charge in [0.2, 0.25) is 5.91 Å². The Labute approximate surface area is 139 Å². The first-order valence-corrected chi connectivity index (χ1v) is 7.72. The number of hydrogen-bond acceptors (Lipinski definition) is 4. The molecule has 1 amide bonds. The van der Waals surface area contributed by atoms with Crippen LogP contribution in [0.3, 0.4) is 0 Å². The molecule has 8 heteroatoms. The van der Waals surface area contributed by atoms with Crippen LogP contribution in [0.5, 0.6) is 0 Å². The first-order valence-electron chi connectivity index (χ1n) is 6.84. The number of thioether (sulfide) groups is 1. The molecule has 0 unspecified atom stereocenters. The van der Waals surface area contributed by atoms with E-state index < -0.39 is 5.76 Å². The van der Waals surface area contributed by atoms with Crippen molar-refractivity contribution in [2.24, 2.45) is 0 Å². The molecule has 1 heterocycles. The Balaban J connectivity index is 0.00000242. The van der Waals surface area contributed by atoms with Crippen molar-refractivity contribution in [2.75, 3.05) is 31.5 Å². The molecule has 4 nitrogen and oxygen atoms in total. The van der Waals surface area contributed by atoms with Crippen molar-refractivity contribution in [1.82, 2.24) is 10.2 Å². The van der Waals surface area contributed by atoms with Gasteiger partial charge in [0.1, 0.15) is 0 Å². The Hall–Kier alpha value is -0.890. The third kappa shape index (κ3) is 6.08. The Kier molecular flexibility index (Phi) is 8.09. The lowest BCUT2D eigenvalue weighted by molar-refractivity contribution is -0.118. The molecular formula is C14H20ClF2N3OS. The largest absolute Gasteiger partial charge is 0.325 e. The smallest absolute Gasteiger partial charge is 0.288 e. The van der Waals surface area contributed by atoms with E-state index in [1.54, 1.807) is 24.3 Å². The van der Waals surface area contributed by atoms with E-state index in [9.17, 15) is 13.6 Å². The van der Waals surface area contributed by atoms with Gasteiger partial charge in [-0.3, -0.25) is 9.69 Å². The van der Waals surface area contributed by atoms with Crippen molar-refractivity contribution in [3.63, 3.8) is 0 Å². The summed E-state index contributed by atoms with van der Waals surface area (Å²) in [4.78, 5) is 14.6. The monoisotopic (exact) mass is 351 g/mol. The van der Waals surface area contributed by atoms with Crippen LogP contribution in [-0.4, -0.2) is 48.8 Å². The molecule has 0 bridgehead atoms. The number of piperazine rings is 1. The molecule has 0 saturated carbocycles. The van der Waals surface area contributed by atoms with Gasteiger partial charge in [0.15, 0.2) is 0 Å². The molecule has 0 aromatic heterocycles. The van der Waals surface area contributed by atoms with Crippen LogP contribution in [0.2, 0.25) is 0 Å². The highest BCUT2D eigenvalue weighted by Crippen LogP contribution is 2.26. The second-order valence-corrected chi connectivity index (χ2v) is 6.04. The first-order chi connectivity index (χ1) is 10.0. The minimum atomic E-state index is -2.43. The number of rotatable bonds is 5. The van der Waals surface area contributed by atoms with Crippen LogP contribution in [0.4, 0.5) is 14.5 Å². The standard InChI is InChI=1S/C14H19F2N3OS.ClH/c1-10-8-17-6-7-19(10)9-13(20)18-11-2-4-12(5-3-11)21-14(15)16;/h2-5,10,14,17H,6-9H2,1H3,(H,18,20);1H/t10-;/m1./s1. The maximum atomic E-state index is 12.2. The Morgan fingerprint density at radius 1 is 1.45 bits per heavy atom. The number of hydrogen-bond donors (Lipinski definition) is 2. The van der Waals surface area contributed by atoms with E-state index in [2.05, 4.69) is 22.5 Å². The molecule has 2 rings (SSSR count). The number of nitrogens with one attached hydrogen (secondary N) is 2. The number of carbonyl (C=O) groups is 1. The molecule has 124 valence electrons. The van der Waals surface area contributed by atoms with Crippen LogP contribution in [0.15, 0.2) is 29.2 Å². The average Bonchev–Trinajstić information content (AvgIpc) is 2.43. The summed E-state index contributed by atoms with van der Waals surface area (Å²) in [5.74, 6) is -2.52. The molecule has 1 aromatic rings. The van der Waals surface area contributed by atoms with E-state index in [-0.39, 0.29) is 18.3 Å². The van der Waals surface area contributed by atoms with Crippen molar-refractivity contribution in [2.45, 2.75) is 23.6 Å². The maximum Gasteiger partial charge on any atom is 0.288 e. The maximum absolute atomic E-state index is 12.2. The fourth-order valence-electron chi connectivity index (χ4n) is 2.22. The van der Waals surface area contributed by atoms with Crippen molar-refractivity contribution in [3.8, 4) is 0 Å². The highest BCUT2D eigenvalue weighted by atomic mass is 35.5. The molecule has 1 aliphatic heterocycles. The van der Waals surface area contributed by atoms with Gasteiger partial charge >= 0.3 is 0 Å². The molecule has 2 N–H and O–H groups in total. The molecule has 1 aliphatic rings. The van der Waals surface area contributed by atoms with Crippen molar-refractivity contribution >= 4 is 35.8 Å². The van der Waals surface area contributed by atoms with Gasteiger partial charge in [0.05, 0.1) is 6.54 Å². The zero-order valence-electron chi connectivity index (χ0n) is 12.2. The third-order valence-corrected chi connectivity index (χ3v) is 4.07. The summed E-state index contributed by atoms with van der Waals surface area (Å²) in [6.07, 6.45) is 0. The molecule has 0 radical (unpaired) electrons. The number of anilines is 1. The van der Waals surface area contributed by atoms with E-state index in [0.29, 0.717) is 34.9 Å². The van der Waals surface area contributed by atoms with Gasteiger partial charge in [-0.1, -0.05) is 11.8 Å². The van der Waals surface area contributed by atoms with Crippen LogP contribution in [0, 0.1) is 0 Å². The predicted molar refractivity (Wildman–Crippen MR) is 88.1 cm³/mol. The molecule has 0 spiro atoms. The number of halogens is 3. The lowest BCUT2D eigenvalue weighted by atomic mass is 10.2. The Morgan fingerprint density at radius 3 is 2.73 bits per heavy atom. The van der Waals surface area contributed by atoms with Gasteiger partial charge in [0.25, 0.3) is 5.76 Å². The fourth-order valence-corrected chi connectivity index (χ4v) is 2.72. The SMILES string of the molecule is C[C@@H]1CNCCN1CC(=O)Nc1ccc(SC(F)F)cc1.Cl. The summed E-state index contributed by atoms with van der Waals surface area (Å²) >= 11 is 0.494. The van der Waals surface area contributed by atoms with Crippen molar-refractivity contribution in [1.29, 1.82) is 0 Å². The molecule has 1 fully saturated rings. The summed E-state index contributed by atoms with van der Waals surface area (Å²) in [6, 6.07) is 6.78. The van der Waals surface area contributed by atoms with Crippen LogP contribution in [0.1, 0.15) is 6.92 Å². The molecular weight excluding hydrogens is 332 g/mol. The lowest BCUT2D eigenvalue weighted by Crippen LogP contribution is -2.51. The van der Waals surface area contributed by atoms with Gasteiger partial charge in [0, 0.05) is 36.3 Å². The van der Waals surface area contributed by atoms with Crippen molar-refractivity contribution in [3.05, 3.63) is 24.3 Å². The van der Waals surface area contributed by atoms with Gasteiger partial charge < -0.3 is 10.6 Å². The first kappa shape index (κ1) is 19.2. The number of nitrogens with zero attached hydrogens (tertiary/aromatic N) is 1. The minimum Gasteiger partial charge on any atom is -0.325 e. The summed E-state index contributed by atoms with van der Waals surface area (Å²) in [6.45, 7) is 5.04. The Bertz CT molecular complexity index is 476. The highest BCUT2D eigenvalue weighted by molar-refractivity contribution is 7.99. The van der Waals surface area contributed by atoms with Gasteiger partial charge in [-0.05, 0) is 31.2 Å². The molecule has 22 heavy (non-hydrogen) atoms. The van der Waals surface area contributed by atoms with Gasteiger partial charge in [-0.25, -0.2) is 0 Å². The van der Waals surface area contributed by atoms with E-state index in [1.807, 2.05) is 0 Å². The summed E-state index contributed by atoms with van der Waals surface area (Å²) in [5.41, 5.74) is 0.626. The van der Waals surface area contributed by atoms with Crippen molar-refractivity contribution < 1.29 is 13.6 Å². The number of amides is 1. The quantitative estimate of drug-likeness (QED) is 0.800. The lowest BCUT2D eigenvalue weighted by Gasteiger charge is -2.33. The summed E-state index contributed by atoms with van der Waals surface area (Å²) in [7, 11) is 0. The van der Waals surface area contributed by atoms with E-state index in [4.69, 9.17) is 0 Å². The molecule has 1 saturated heterocycles. The summed E-state index contributed by atoms with van der Waals surface area (Å²) in [5, 5.41) is 6.06.